The molecule has 0 spiro atoms. The first kappa shape index (κ1) is 11.1. The highest BCUT2D eigenvalue weighted by Crippen LogP contribution is 2.49. The van der Waals surface area contributed by atoms with E-state index in [1.165, 1.54) is 51.5 Å². The summed E-state index contributed by atoms with van der Waals surface area (Å²) >= 11 is 0. The fraction of sp³-hybridized carbons (Fsp3) is 1.00. The molecule has 0 heterocycles. The molecule has 0 amide bonds. The molecule has 0 bridgehead atoms. The quantitative estimate of drug-likeness (QED) is 0.748. The van der Waals surface area contributed by atoms with Crippen LogP contribution in [-0.4, -0.2) is 12.6 Å². The summed E-state index contributed by atoms with van der Waals surface area (Å²) in [7, 11) is 0. The van der Waals surface area contributed by atoms with Gasteiger partial charge < -0.3 is 5.32 Å². The second kappa shape index (κ2) is 4.01. The Hall–Kier alpha value is -0.0400. The molecule has 0 aromatic heterocycles. The lowest BCUT2D eigenvalue weighted by molar-refractivity contribution is 0.257. The van der Waals surface area contributed by atoms with E-state index >= 15 is 0 Å². The zero-order valence-corrected chi connectivity index (χ0v) is 11.0. The van der Waals surface area contributed by atoms with Gasteiger partial charge in [-0.2, -0.15) is 0 Å². The maximum Gasteiger partial charge on any atom is 0.0118 e. The molecular weight excluding hydrogens is 194 g/mol. The van der Waals surface area contributed by atoms with Gasteiger partial charge in [-0.3, -0.25) is 0 Å². The van der Waals surface area contributed by atoms with Gasteiger partial charge in [0, 0.05) is 6.04 Å². The van der Waals surface area contributed by atoms with Crippen LogP contribution in [0.2, 0.25) is 0 Å². The fourth-order valence-electron chi connectivity index (χ4n) is 3.75. The van der Waals surface area contributed by atoms with Gasteiger partial charge in [-0.05, 0) is 68.2 Å². The van der Waals surface area contributed by atoms with Crippen molar-refractivity contribution in [1.82, 2.24) is 5.32 Å². The second-order valence-electron chi connectivity index (χ2n) is 7.18. The van der Waals surface area contributed by atoms with Crippen molar-refractivity contribution in [2.24, 2.45) is 23.2 Å². The highest BCUT2D eigenvalue weighted by molar-refractivity contribution is 4.95. The van der Waals surface area contributed by atoms with Crippen molar-refractivity contribution in [3.05, 3.63) is 0 Å². The predicted octanol–water partition coefficient (Wildman–Crippen LogP) is 3.59. The fourth-order valence-corrected chi connectivity index (χ4v) is 3.75. The van der Waals surface area contributed by atoms with Gasteiger partial charge in [0.15, 0.2) is 0 Å². The van der Waals surface area contributed by atoms with E-state index in [2.05, 4.69) is 19.2 Å². The molecule has 0 aromatic rings. The number of hydrogen-bond acceptors (Lipinski definition) is 1. The van der Waals surface area contributed by atoms with Crippen molar-refractivity contribution >= 4 is 0 Å². The maximum atomic E-state index is 3.91. The van der Waals surface area contributed by atoms with Gasteiger partial charge in [0.05, 0.1) is 0 Å². The molecule has 0 aliphatic heterocycles. The standard InChI is InChI=1S/C15H27N/c1-15(2)9-3-4-14(15)16-10-13(11-5-6-11)12-7-8-12/h11-14,16H,3-10H2,1-2H3. The van der Waals surface area contributed by atoms with Gasteiger partial charge in [0.1, 0.15) is 0 Å². The Balaban J connectivity index is 1.50. The van der Waals surface area contributed by atoms with E-state index in [0.717, 1.165) is 23.8 Å². The van der Waals surface area contributed by atoms with E-state index in [1.54, 1.807) is 0 Å². The van der Waals surface area contributed by atoms with Crippen molar-refractivity contribution < 1.29 is 0 Å². The summed E-state index contributed by atoms with van der Waals surface area (Å²) in [6.07, 6.45) is 10.4. The van der Waals surface area contributed by atoms with Crippen molar-refractivity contribution in [2.45, 2.75) is 64.8 Å². The molecule has 3 fully saturated rings. The minimum Gasteiger partial charge on any atom is -0.313 e. The first-order chi connectivity index (χ1) is 7.67. The van der Waals surface area contributed by atoms with Gasteiger partial charge in [-0.15, -0.1) is 0 Å². The molecule has 16 heavy (non-hydrogen) atoms. The lowest BCUT2D eigenvalue weighted by atomic mass is 9.86. The van der Waals surface area contributed by atoms with Crippen molar-refractivity contribution in [3.63, 3.8) is 0 Å². The van der Waals surface area contributed by atoms with Crippen LogP contribution >= 0.6 is 0 Å². The average molecular weight is 221 g/mol. The van der Waals surface area contributed by atoms with Crippen LogP contribution in [0.15, 0.2) is 0 Å². The second-order valence-corrected chi connectivity index (χ2v) is 7.18. The van der Waals surface area contributed by atoms with E-state index in [-0.39, 0.29) is 0 Å². The molecule has 1 atom stereocenters. The minimum absolute atomic E-state index is 0.553. The van der Waals surface area contributed by atoms with Crippen LogP contribution in [0.4, 0.5) is 0 Å². The van der Waals surface area contributed by atoms with Crippen molar-refractivity contribution in [2.75, 3.05) is 6.54 Å². The van der Waals surface area contributed by atoms with E-state index in [4.69, 9.17) is 0 Å². The van der Waals surface area contributed by atoms with Crippen molar-refractivity contribution in [1.29, 1.82) is 0 Å². The SMILES string of the molecule is CC1(C)CCCC1NCC(C1CC1)C1CC1. The summed E-state index contributed by atoms with van der Waals surface area (Å²) in [5.41, 5.74) is 0.553. The Kier molecular flexibility index (Phi) is 2.78. The zero-order valence-electron chi connectivity index (χ0n) is 11.0. The molecule has 1 nitrogen and oxygen atoms in total. The largest absolute Gasteiger partial charge is 0.313 e. The van der Waals surface area contributed by atoms with Gasteiger partial charge in [0.2, 0.25) is 0 Å². The first-order valence-corrected chi connectivity index (χ1v) is 7.40. The summed E-state index contributed by atoms with van der Waals surface area (Å²) in [4.78, 5) is 0. The number of hydrogen-bond donors (Lipinski definition) is 1. The third-order valence-electron chi connectivity index (χ3n) is 5.31. The van der Waals surface area contributed by atoms with Crippen LogP contribution < -0.4 is 5.32 Å². The zero-order chi connectivity index (χ0) is 11.2. The number of nitrogens with one attached hydrogen (secondary N) is 1. The van der Waals surface area contributed by atoms with E-state index in [9.17, 15) is 0 Å². The third-order valence-corrected chi connectivity index (χ3v) is 5.31. The van der Waals surface area contributed by atoms with Crippen molar-refractivity contribution in [3.8, 4) is 0 Å². The van der Waals surface area contributed by atoms with Crippen LogP contribution in [0.1, 0.15) is 58.8 Å². The molecule has 3 saturated carbocycles. The average Bonchev–Trinajstić information content (AvgIpc) is 3.10. The van der Waals surface area contributed by atoms with Crippen LogP contribution in [0, 0.1) is 23.2 Å². The van der Waals surface area contributed by atoms with Crippen LogP contribution in [0.25, 0.3) is 0 Å². The van der Waals surface area contributed by atoms with Gasteiger partial charge in [-0.1, -0.05) is 20.3 Å². The molecule has 1 heteroatoms. The highest BCUT2D eigenvalue weighted by atomic mass is 14.9. The molecule has 1 N–H and O–H groups in total. The molecule has 92 valence electrons. The predicted molar refractivity (Wildman–Crippen MR) is 68.4 cm³/mol. The molecule has 0 aromatic carbocycles. The molecule has 1 unspecified atom stereocenters. The van der Waals surface area contributed by atoms with Gasteiger partial charge >= 0.3 is 0 Å². The maximum absolute atomic E-state index is 3.91. The Labute approximate surface area is 100 Å². The van der Waals surface area contributed by atoms with Gasteiger partial charge in [0.25, 0.3) is 0 Å². The molecule has 3 rings (SSSR count). The highest BCUT2D eigenvalue weighted by Gasteiger charge is 2.42. The summed E-state index contributed by atoms with van der Waals surface area (Å²) in [5.74, 6) is 3.24. The Morgan fingerprint density at radius 1 is 1.06 bits per heavy atom. The van der Waals surface area contributed by atoms with E-state index in [1.807, 2.05) is 0 Å². The summed E-state index contributed by atoms with van der Waals surface area (Å²) < 4.78 is 0. The Morgan fingerprint density at radius 2 is 1.69 bits per heavy atom. The smallest absolute Gasteiger partial charge is 0.0118 e. The Morgan fingerprint density at radius 3 is 2.12 bits per heavy atom. The summed E-state index contributed by atoms with van der Waals surface area (Å²) in [5, 5.41) is 3.91. The van der Waals surface area contributed by atoms with Crippen LogP contribution in [-0.2, 0) is 0 Å². The lowest BCUT2D eigenvalue weighted by Gasteiger charge is -2.30. The first-order valence-electron chi connectivity index (χ1n) is 7.40. The van der Waals surface area contributed by atoms with Crippen LogP contribution in [0.5, 0.6) is 0 Å². The molecule has 0 saturated heterocycles. The molecule has 3 aliphatic carbocycles. The minimum atomic E-state index is 0.553. The normalized spacial score (nSPS) is 33.6. The summed E-state index contributed by atoms with van der Waals surface area (Å²) in [6, 6.07) is 0.799. The summed E-state index contributed by atoms with van der Waals surface area (Å²) in [6.45, 7) is 6.21. The molecule has 3 aliphatic rings. The van der Waals surface area contributed by atoms with Crippen LogP contribution in [0.3, 0.4) is 0 Å². The topological polar surface area (TPSA) is 12.0 Å². The lowest BCUT2D eigenvalue weighted by Crippen LogP contribution is -2.41. The van der Waals surface area contributed by atoms with E-state index in [0.29, 0.717) is 5.41 Å². The monoisotopic (exact) mass is 221 g/mol. The number of rotatable bonds is 5. The Bertz CT molecular complexity index is 236. The third kappa shape index (κ3) is 2.30. The van der Waals surface area contributed by atoms with Gasteiger partial charge in [-0.25, -0.2) is 0 Å². The molecular formula is C15H27N. The van der Waals surface area contributed by atoms with E-state index < -0.39 is 0 Å². The molecule has 0 radical (unpaired) electrons.